The molecule has 1 N–H and O–H groups in total. The maximum atomic E-state index is 9.08. The largest absolute Gasteiger partial charge is 0.505 e. The monoisotopic (exact) mass is 212 g/mol. The first-order chi connectivity index (χ1) is 7.79. The van der Waals surface area contributed by atoms with Gasteiger partial charge in [-0.15, -0.1) is 6.58 Å². The quantitative estimate of drug-likeness (QED) is 0.795. The highest BCUT2D eigenvalue weighted by atomic mass is 16.3. The summed E-state index contributed by atoms with van der Waals surface area (Å²) < 4.78 is 0. The van der Waals surface area contributed by atoms with Gasteiger partial charge in [-0.2, -0.15) is 0 Å². The van der Waals surface area contributed by atoms with Crippen LogP contribution in [0.1, 0.15) is 5.56 Å². The summed E-state index contributed by atoms with van der Waals surface area (Å²) in [7, 11) is 0. The Morgan fingerprint density at radius 3 is 2.31 bits per heavy atom. The molecule has 1 aromatic carbocycles. The molecule has 2 rings (SSSR count). The summed E-state index contributed by atoms with van der Waals surface area (Å²) in [5, 5.41) is 9.08. The number of allylic oxidation sites excluding steroid dienone is 1. The Morgan fingerprint density at radius 2 is 1.75 bits per heavy atom. The van der Waals surface area contributed by atoms with Crippen LogP contribution in [-0.2, 0) is 6.42 Å². The number of rotatable bonds is 3. The lowest BCUT2D eigenvalue weighted by Gasteiger charge is -2.01. The Balaban J connectivity index is 2.27. The van der Waals surface area contributed by atoms with Gasteiger partial charge >= 0.3 is 0 Å². The Morgan fingerprint density at radius 1 is 1.12 bits per heavy atom. The van der Waals surface area contributed by atoms with E-state index in [1.807, 2.05) is 30.3 Å². The molecule has 0 amide bonds. The van der Waals surface area contributed by atoms with Crippen molar-refractivity contribution in [1.82, 2.24) is 9.97 Å². The maximum Gasteiger partial charge on any atom is 0.159 e. The number of aromatic hydroxyl groups is 1. The van der Waals surface area contributed by atoms with Crippen molar-refractivity contribution in [3.05, 3.63) is 54.9 Å². The van der Waals surface area contributed by atoms with Crippen molar-refractivity contribution in [2.24, 2.45) is 0 Å². The van der Waals surface area contributed by atoms with Crippen LogP contribution < -0.4 is 0 Å². The van der Waals surface area contributed by atoms with Gasteiger partial charge < -0.3 is 5.11 Å². The van der Waals surface area contributed by atoms with Crippen LogP contribution >= 0.6 is 0 Å². The zero-order valence-electron chi connectivity index (χ0n) is 8.80. The minimum absolute atomic E-state index is 0.0760. The molecule has 0 radical (unpaired) electrons. The zero-order chi connectivity index (χ0) is 11.4. The van der Waals surface area contributed by atoms with Crippen LogP contribution in [0.15, 0.2) is 49.3 Å². The highest BCUT2D eigenvalue weighted by molar-refractivity contribution is 5.55. The number of hydrogen-bond donors (Lipinski definition) is 1. The number of benzene rings is 1. The molecule has 0 bridgehead atoms. The first kappa shape index (κ1) is 10.4. The van der Waals surface area contributed by atoms with E-state index in [2.05, 4.69) is 16.5 Å². The third kappa shape index (κ3) is 2.25. The molecule has 3 heteroatoms. The van der Waals surface area contributed by atoms with Crippen LogP contribution in [0, 0.1) is 0 Å². The van der Waals surface area contributed by atoms with Crippen LogP contribution in [0.2, 0.25) is 0 Å². The fourth-order valence-electron chi connectivity index (χ4n) is 1.43. The van der Waals surface area contributed by atoms with Crippen molar-refractivity contribution < 1.29 is 5.11 Å². The van der Waals surface area contributed by atoms with Crippen molar-refractivity contribution >= 4 is 0 Å². The summed E-state index contributed by atoms with van der Waals surface area (Å²) in [6, 6.07) is 7.97. The van der Waals surface area contributed by atoms with E-state index in [-0.39, 0.29) is 5.75 Å². The van der Waals surface area contributed by atoms with Crippen LogP contribution in [0.3, 0.4) is 0 Å². The summed E-state index contributed by atoms with van der Waals surface area (Å²) in [5.74, 6) is 0.690. The smallest absolute Gasteiger partial charge is 0.159 e. The average Bonchev–Trinajstić information content (AvgIpc) is 2.32. The van der Waals surface area contributed by atoms with E-state index in [0.29, 0.717) is 5.82 Å². The van der Waals surface area contributed by atoms with Gasteiger partial charge in [0.2, 0.25) is 0 Å². The normalized spacial score (nSPS) is 10.0. The first-order valence-electron chi connectivity index (χ1n) is 5.01. The second-order valence-corrected chi connectivity index (χ2v) is 3.45. The lowest BCUT2D eigenvalue weighted by Crippen LogP contribution is -1.88. The third-order valence-corrected chi connectivity index (χ3v) is 2.23. The molecule has 1 heterocycles. The second kappa shape index (κ2) is 4.57. The zero-order valence-corrected chi connectivity index (χ0v) is 8.80. The Kier molecular flexibility index (Phi) is 2.96. The molecule has 16 heavy (non-hydrogen) atoms. The number of nitrogens with zero attached hydrogens (tertiary/aromatic N) is 2. The Hall–Kier alpha value is -2.16. The van der Waals surface area contributed by atoms with Gasteiger partial charge in [-0.25, -0.2) is 9.97 Å². The minimum atomic E-state index is 0.0760. The van der Waals surface area contributed by atoms with Gasteiger partial charge in [0.15, 0.2) is 11.6 Å². The van der Waals surface area contributed by atoms with Crippen LogP contribution in [0.5, 0.6) is 5.75 Å². The molecule has 0 unspecified atom stereocenters. The molecule has 0 spiro atoms. The van der Waals surface area contributed by atoms with Crippen LogP contribution in [0.25, 0.3) is 11.4 Å². The second-order valence-electron chi connectivity index (χ2n) is 3.45. The highest BCUT2D eigenvalue weighted by Gasteiger charge is 2.00. The van der Waals surface area contributed by atoms with Crippen molar-refractivity contribution in [2.45, 2.75) is 6.42 Å². The van der Waals surface area contributed by atoms with Crippen LogP contribution in [0.4, 0.5) is 0 Å². The van der Waals surface area contributed by atoms with E-state index < -0.39 is 0 Å². The SMILES string of the molecule is C=CCc1ccc(-c2ncc(O)cn2)cc1. The highest BCUT2D eigenvalue weighted by Crippen LogP contribution is 2.16. The summed E-state index contributed by atoms with van der Waals surface area (Å²) in [4.78, 5) is 8.09. The predicted molar refractivity (Wildman–Crippen MR) is 63.0 cm³/mol. The molecular formula is C13H12N2O. The van der Waals surface area contributed by atoms with E-state index >= 15 is 0 Å². The average molecular weight is 212 g/mol. The van der Waals surface area contributed by atoms with E-state index in [4.69, 9.17) is 5.11 Å². The summed E-state index contributed by atoms with van der Waals surface area (Å²) >= 11 is 0. The summed E-state index contributed by atoms with van der Waals surface area (Å²) in [6.07, 6.45) is 5.50. The first-order valence-corrected chi connectivity index (χ1v) is 5.01. The van der Waals surface area contributed by atoms with E-state index in [0.717, 1.165) is 12.0 Å². The molecule has 3 nitrogen and oxygen atoms in total. The van der Waals surface area contributed by atoms with Gasteiger partial charge in [0, 0.05) is 5.56 Å². The molecular weight excluding hydrogens is 200 g/mol. The van der Waals surface area contributed by atoms with Gasteiger partial charge in [0.25, 0.3) is 0 Å². The molecule has 2 aromatic rings. The van der Waals surface area contributed by atoms with E-state index in [9.17, 15) is 0 Å². The molecule has 0 fully saturated rings. The van der Waals surface area contributed by atoms with Gasteiger partial charge in [-0.05, 0) is 12.0 Å². The molecule has 1 aromatic heterocycles. The van der Waals surface area contributed by atoms with Crippen LogP contribution in [-0.4, -0.2) is 15.1 Å². The van der Waals surface area contributed by atoms with Crippen molar-refractivity contribution in [2.75, 3.05) is 0 Å². The Labute approximate surface area is 94.1 Å². The topological polar surface area (TPSA) is 46.0 Å². The molecule has 0 aliphatic heterocycles. The third-order valence-electron chi connectivity index (χ3n) is 2.23. The van der Waals surface area contributed by atoms with E-state index in [1.54, 1.807) is 0 Å². The maximum absolute atomic E-state index is 9.08. The van der Waals surface area contributed by atoms with Gasteiger partial charge in [0.1, 0.15) is 0 Å². The fraction of sp³-hybridized carbons (Fsp3) is 0.0769. The molecule has 0 aliphatic carbocycles. The molecule has 0 saturated carbocycles. The molecule has 0 atom stereocenters. The van der Waals surface area contributed by atoms with Crippen molar-refractivity contribution in [3.8, 4) is 17.1 Å². The summed E-state index contributed by atoms with van der Waals surface area (Å²) in [5.41, 5.74) is 2.14. The fourth-order valence-corrected chi connectivity index (χ4v) is 1.43. The molecule has 80 valence electrons. The Bertz CT molecular complexity index is 474. The molecule has 0 aliphatic rings. The van der Waals surface area contributed by atoms with Gasteiger partial charge in [-0.3, -0.25) is 0 Å². The predicted octanol–water partition coefficient (Wildman–Crippen LogP) is 2.58. The molecule has 0 saturated heterocycles. The lowest BCUT2D eigenvalue weighted by molar-refractivity contribution is 0.470. The van der Waals surface area contributed by atoms with Gasteiger partial charge in [-0.1, -0.05) is 30.3 Å². The van der Waals surface area contributed by atoms with E-state index in [1.165, 1.54) is 18.0 Å². The van der Waals surface area contributed by atoms with Gasteiger partial charge in [0.05, 0.1) is 12.4 Å². The number of aromatic nitrogens is 2. The van der Waals surface area contributed by atoms with Crippen molar-refractivity contribution in [1.29, 1.82) is 0 Å². The standard InChI is InChI=1S/C13H12N2O/c1-2-3-10-4-6-11(7-5-10)13-14-8-12(16)9-15-13/h2,4-9,16H,1,3H2. The number of hydrogen-bond acceptors (Lipinski definition) is 3. The van der Waals surface area contributed by atoms with Crippen molar-refractivity contribution in [3.63, 3.8) is 0 Å². The summed E-state index contributed by atoms with van der Waals surface area (Å²) in [6.45, 7) is 3.69. The minimum Gasteiger partial charge on any atom is -0.505 e. The lowest BCUT2D eigenvalue weighted by atomic mass is 10.1.